The molecular weight excluding hydrogens is 330 g/mol. The second-order valence-corrected chi connectivity index (χ2v) is 8.20. The third-order valence-corrected chi connectivity index (χ3v) is 4.23. The van der Waals surface area contributed by atoms with Crippen LogP contribution in [-0.4, -0.2) is 51.8 Å². The molecule has 1 aliphatic rings. The third-order valence-electron chi connectivity index (χ3n) is 4.23. The molecule has 8 heteroatoms. The summed E-state index contributed by atoms with van der Waals surface area (Å²) in [5.41, 5.74) is 6.86. The van der Waals surface area contributed by atoms with Crippen molar-refractivity contribution in [1.29, 1.82) is 5.41 Å². The summed E-state index contributed by atoms with van der Waals surface area (Å²) >= 11 is 0. The Morgan fingerprint density at radius 1 is 1.46 bits per heavy atom. The molecule has 2 heterocycles. The van der Waals surface area contributed by atoms with Crippen LogP contribution in [-0.2, 0) is 4.79 Å². The molecule has 0 spiro atoms. The number of piperidine rings is 1. The van der Waals surface area contributed by atoms with E-state index in [9.17, 15) is 4.79 Å². The van der Waals surface area contributed by atoms with E-state index in [0.717, 1.165) is 31.6 Å². The Morgan fingerprint density at radius 3 is 2.65 bits per heavy atom. The maximum atomic E-state index is 12.1. The first-order valence-electron chi connectivity index (χ1n) is 9.09. The van der Waals surface area contributed by atoms with E-state index < -0.39 is 0 Å². The number of aromatic nitrogens is 2. The number of amides is 1. The molecule has 144 valence electrons. The lowest BCUT2D eigenvalue weighted by molar-refractivity contribution is -0.123. The van der Waals surface area contributed by atoms with Crippen molar-refractivity contribution in [2.24, 2.45) is 16.1 Å². The fourth-order valence-corrected chi connectivity index (χ4v) is 2.99. The van der Waals surface area contributed by atoms with Gasteiger partial charge in [-0.2, -0.15) is 5.10 Å². The summed E-state index contributed by atoms with van der Waals surface area (Å²) in [6, 6.07) is 1.99. The highest BCUT2D eigenvalue weighted by molar-refractivity contribution is 6.01. The minimum atomic E-state index is -0.00334. The number of hydrogen-bond donors (Lipinski definition) is 4. The van der Waals surface area contributed by atoms with Crippen LogP contribution in [0.15, 0.2) is 11.1 Å². The highest BCUT2D eigenvalue weighted by Gasteiger charge is 2.24. The molecule has 1 fully saturated rings. The molecule has 0 radical (unpaired) electrons. The highest BCUT2D eigenvalue weighted by Crippen LogP contribution is 2.19. The Morgan fingerprint density at radius 2 is 2.12 bits per heavy atom. The van der Waals surface area contributed by atoms with E-state index in [1.807, 2.05) is 17.9 Å². The maximum absolute atomic E-state index is 12.1. The Labute approximate surface area is 155 Å². The van der Waals surface area contributed by atoms with Crippen LogP contribution >= 0.6 is 0 Å². The number of H-pyrrole nitrogens is 1. The van der Waals surface area contributed by atoms with Gasteiger partial charge in [-0.1, -0.05) is 20.8 Å². The number of nitrogens with one attached hydrogen (secondary N) is 3. The average molecular weight is 361 g/mol. The summed E-state index contributed by atoms with van der Waals surface area (Å²) in [5.74, 6) is 1.48. The van der Waals surface area contributed by atoms with Crippen LogP contribution in [0, 0.1) is 17.7 Å². The van der Waals surface area contributed by atoms with E-state index >= 15 is 0 Å². The molecule has 5 N–H and O–H groups in total. The fraction of sp³-hybridized carbons (Fsp3) is 0.667. The summed E-state index contributed by atoms with van der Waals surface area (Å²) in [6.07, 6.45) is 2.51. The number of nitrogens with two attached hydrogens (primary N) is 1. The van der Waals surface area contributed by atoms with Gasteiger partial charge in [-0.25, -0.2) is 4.99 Å². The second kappa shape index (κ2) is 8.33. The first-order valence-corrected chi connectivity index (χ1v) is 9.09. The van der Waals surface area contributed by atoms with Crippen molar-refractivity contribution in [3.8, 4) is 0 Å². The van der Waals surface area contributed by atoms with Gasteiger partial charge in [-0.3, -0.25) is 15.3 Å². The van der Waals surface area contributed by atoms with Crippen molar-refractivity contribution in [2.75, 3.05) is 13.1 Å². The van der Waals surface area contributed by atoms with Crippen LogP contribution < -0.4 is 11.1 Å². The topological polar surface area (TPSA) is 123 Å². The van der Waals surface area contributed by atoms with Crippen LogP contribution in [0.5, 0.6) is 0 Å². The lowest BCUT2D eigenvalue weighted by atomic mass is 9.91. The lowest BCUT2D eigenvalue weighted by Crippen LogP contribution is -2.47. The molecule has 0 aromatic carbocycles. The monoisotopic (exact) mass is 361 g/mol. The first kappa shape index (κ1) is 19.9. The van der Waals surface area contributed by atoms with Gasteiger partial charge in [0.25, 0.3) is 0 Å². The molecule has 1 aliphatic heterocycles. The zero-order valence-corrected chi connectivity index (χ0v) is 16.2. The molecule has 26 heavy (non-hydrogen) atoms. The number of aromatic amines is 1. The zero-order valence-electron chi connectivity index (χ0n) is 16.2. The van der Waals surface area contributed by atoms with Gasteiger partial charge in [-0.15, -0.1) is 0 Å². The lowest BCUT2D eigenvalue weighted by Gasteiger charge is -2.34. The van der Waals surface area contributed by atoms with Crippen LogP contribution in [0.2, 0.25) is 0 Å². The normalized spacial score (nSPS) is 16.6. The summed E-state index contributed by atoms with van der Waals surface area (Å²) in [5, 5.41) is 18.2. The molecule has 1 saturated heterocycles. The van der Waals surface area contributed by atoms with Crippen LogP contribution in [0.1, 0.15) is 52.1 Å². The number of amidine groups is 2. The van der Waals surface area contributed by atoms with Gasteiger partial charge < -0.3 is 16.0 Å². The Bertz CT molecular complexity index is 663. The van der Waals surface area contributed by atoms with Crippen LogP contribution in [0.3, 0.4) is 0 Å². The first-order chi connectivity index (χ1) is 12.1. The Balaban J connectivity index is 1.77. The van der Waals surface area contributed by atoms with Crippen molar-refractivity contribution in [3.63, 3.8) is 0 Å². The van der Waals surface area contributed by atoms with Crippen molar-refractivity contribution >= 4 is 23.4 Å². The molecule has 1 aromatic rings. The van der Waals surface area contributed by atoms with Crippen molar-refractivity contribution in [2.45, 2.75) is 59.4 Å². The van der Waals surface area contributed by atoms with Gasteiger partial charge in [0, 0.05) is 37.3 Å². The summed E-state index contributed by atoms with van der Waals surface area (Å²) in [6.45, 7) is 9.57. The second-order valence-electron chi connectivity index (χ2n) is 8.20. The van der Waals surface area contributed by atoms with E-state index in [2.05, 4.69) is 41.3 Å². The predicted molar refractivity (Wildman–Crippen MR) is 104 cm³/mol. The van der Waals surface area contributed by atoms with E-state index in [1.165, 1.54) is 0 Å². The molecule has 1 amide bonds. The van der Waals surface area contributed by atoms with Crippen molar-refractivity contribution in [1.82, 2.24) is 20.4 Å². The molecule has 0 saturated carbocycles. The van der Waals surface area contributed by atoms with Gasteiger partial charge in [0.15, 0.2) is 5.82 Å². The van der Waals surface area contributed by atoms with Gasteiger partial charge in [-0.05, 0) is 25.2 Å². The van der Waals surface area contributed by atoms with Gasteiger partial charge in [0.2, 0.25) is 5.91 Å². The molecule has 8 nitrogen and oxygen atoms in total. The van der Waals surface area contributed by atoms with Crippen LogP contribution in [0.25, 0.3) is 0 Å². The number of likely N-dealkylation sites (tertiary alicyclic amines) is 1. The summed E-state index contributed by atoms with van der Waals surface area (Å²) in [4.78, 5) is 18.3. The number of hydrogen-bond acceptors (Lipinski definition) is 4. The van der Waals surface area contributed by atoms with E-state index in [-0.39, 0.29) is 17.4 Å². The zero-order chi connectivity index (χ0) is 19.3. The minimum absolute atomic E-state index is 0.00334. The molecule has 2 rings (SSSR count). The largest absolute Gasteiger partial charge is 0.387 e. The van der Waals surface area contributed by atoms with Gasteiger partial charge in [0.1, 0.15) is 11.7 Å². The van der Waals surface area contributed by atoms with E-state index in [0.29, 0.717) is 30.3 Å². The SMILES string of the molecule is Cc1cc(N=C(N)CC(=N)N2CCC(NC(=O)CC(C)(C)C)CC2)n[nH]1. The highest BCUT2D eigenvalue weighted by atomic mass is 16.1. The Hall–Kier alpha value is -2.38. The smallest absolute Gasteiger partial charge is 0.220 e. The van der Waals surface area contributed by atoms with E-state index in [4.69, 9.17) is 11.1 Å². The number of carbonyl (C=O) groups is 1. The third kappa shape index (κ3) is 6.50. The number of aliphatic imine (C=N–C) groups is 1. The number of aryl methyl sites for hydroxylation is 1. The van der Waals surface area contributed by atoms with Crippen molar-refractivity contribution in [3.05, 3.63) is 11.8 Å². The standard InChI is InChI=1S/C18H31N7O/c1-12-9-16(24-23-12)22-14(19)10-15(20)25-7-5-13(6-8-25)21-17(26)11-18(2,3)4/h9,13,20H,5-8,10-11H2,1-4H3,(H,21,26)(H3,19,22,23,24). The number of nitrogens with zero attached hydrogens (tertiary/aromatic N) is 3. The van der Waals surface area contributed by atoms with E-state index in [1.54, 1.807) is 0 Å². The molecule has 0 unspecified atom stereocenters. The quantitative estimate of drug-likeness (QED) is 0.473. The minimum Gasteiger partial charge on any atom is -0.387 e. The summed E-state index contributed by atoms with van der Waals surface area (Å²) < 4.78 is 0. The maximum Gasteiger partial charge on any atom is 0.220 e. The fourth-order valence-electron chi connectivity index (χ4n) is 2.99. The molecule has 0 aliphatic carbocycles. The predicted octanol–water partition coefficient (Wildman–Crippen LogP) is 2.09. The number of carbonyl (C=O) groups excluding carboxylic acids is 1. The van der Waals surface area contributed by atoms with Crippen LogP contribution in [0.4, 0.5) is 5.82 Å². The molecule has 1 aromatic heterocycles. The molecule has 0 bridgehead atoms. The van der Waals surface area contributed by atoms with Crippen molar-refractivity contribution < 1.29 is 4.79 Å². The Kier molecular flexibility index (Phi) is 6.39. The molecular formula is C18H31N7O. The molecule has 0 atom stereocenters. The number of rotatable bonds is 5. The van der Waals surface area contributed by atoms with Gasteiger partial charge in [0.05, 0.1) is 6.42 Å². The van der Waals surface area contributed by atoms with Gasteiger partial charge >= 0.3 is 0 Å². The summed E-state index contributed by atoms with van der Waals surface area (Å²) in [7, 11) is 0. The average Bonchev–Trinajstić information content (AvgIpc) is 2.90.